The molecule has 24 heavy (non-hydrogen) atoms. The number of hydrogen-bond acceptors (Lipinski definition) is 5. The molecule has 0 radical (unpaired) electrons. The molecule has 1 atom stereocenters. The predicted molar refractivity (Wildman–Crippen MR) is 90.9 cm³/mol. The lowest BCUT2D eigenvalue weighted by Crippen LogP contribution is -2.36. The van der Waals surface area contributed by atoms with Crippen LogP contribution in [0.2, 0.25) is 0 Å². The highest BCUT2D eigenvalue weighted by Crippen LogP contribution is 2.22. The van der Waals surface area contributed by atoms with Crippen molar-refractivity contribution >= 4 is 23.3 Å². The van der Waals surface area contributed by atoms with Crippen molar-refractivity contribution in [2.75, 3.05) is 43.1 Å². The third-order valence-electron chi connectivity index (χ3n) is 4.53. The van der Waals surface area contributed by atoms with E-state index in [4.69, 9.17) is 4.74 Å². The van der Waals surface area contributed by atoms with Crippen molar-refractivity contribution in [3.05, 3.63) is 18.3 Å². The van der Waals surface area contributed by atoms with Crippen LogP contribution < -0.4 is 10.2 Å². The minimum Gasteiger partial charge on any atom is -0.378 e. The third-order valence-corrected chi connectivity index (χ3v) is 4.53. The number of carbonyl (C=O) groups is 2. The molecule has 0 aromatic carbocycles. The fourth-order valence-electron chi connectivity index (χ4n) is 3.10. The Hall–Kier alpha value is -2.15. The number of morpholine rings is 1. The number of hydrogen-bond donors (Lipinski definition) is 1. The summed E-state index contributed by atoms with van der Waals surface area (Å²) >= 11 is 0. The van der Waals surface area contributed by atoms with E-state index in [9.17, 15) is 9.59 Å². The number of likely N-dealkylation sites (tertiary alicyclic amines) is 1. The molecule has 2 fully saturated rings. The first-order valence-electron chi connectivity index (χ1n) is 8.43. The van der Waals surface area contributed by atoms with E-state index in [1.807, 2.05) is 19.9 Å². The highest BCUT2D eigenvalue weighted by molar-refractivity contribution is 5.96. The summed E-state index contributed by atoms with van der Waals surface area (Å²) in [6.45, 7) is 7.55. The van der Waals surface area contributed by atoms with Gasteiger partial charge in [-0.1, -0.05) is 0 Å². The van der Waals surface area contributed by atoms with E-state index in [2.05, 4.69) is 15.2 Å². The van der Waals surface area contributed by atoms with Gasteiger partial charge in [-0.25, -0.2) is 4.98 Å². The maximum absolute atomic E-state index is 12.4. The molecule has 2 amide bonds. The second kappa shape index (κ2) is 7.17. The molecule has 2 aliphatic rings. The summed E-state index contributed by atoms with van der Waals surface area (Å²) in [5, 5.41) is 2.82. The van der Waals surface area contributed by atoms with Gasteiger partial charge in [-0.2, -0.15) is 0 Å². The molecule has 1 N–H and O–H groups in total. The molecule has 0 saturated carbocycles. The molecule has 0 aliphatic carbocycles. The van der Waals surface area contributed by atoms with Gasteiger partial charge in [0.2, 0.25) is 11.8 Å². The van der Waals surface area contributed by atoms with Crippen molar-refractivity contribution < 1.29 is 14.3 Å². The maximum Gasteiger partial charge on any atom is 0.230 e. The number of amides is 2. The molecular weight excluding hydrogens is 308 g/mol. The number of nitrogens with one attached hydrogen (secondary N) is 1. The lowest BCUT2D eigenvalue weighted by atomic mass is 10.1. The Kier molecular flexibility index (Phi) is 4.99. The molecule has 130 valence electrons. The van der Waals surface area contributed by atoms with E-state index < -0.39 is 0 Å². The van der Waals surface area contributed by atoms with Gasteiger partial charge < -0.3 is 19.9 Å². The average molecular weight is 332 g/mol. The molecule has 7 nitrogen and oxygen atoms in total. The van der Waals surface area contributed by atoms with E-state index in [-0.39, 0.29) is 30.2 Å². The molecule has 3 rings (SSSR count). The van der Waals surface area contributed by atoms with Crippen molar-refractivity contribution in [1.29, 1.82) is 0 Å². The van der Waals surface area contributed by atoms with Crippen LogP contribution in [0.3, 0.4) is 0 Å². The van der Waals surface area contributed by atoms with Crippen LogP contribution >= 0.6 is 0 Å². The van der Waals surface area contributed by atoms with Gasteiger partial charge in [-0.15, -0.1) is 0 Å². The fraction of sp³-hybridized carbons (Fsp3) is 0.588. The van der Waals surface area contributed by atoms with Crippen LogP contribution in [0.4, 0.5) is 11.5 Å². The summed E-state index contributed by atoms with van der Waals surface area (Å²) in [5.74, 6) is 0.118. The number of anilines is 2. The van der Waals surface area contributed by atoms with E-state index in [0.717, 1.165) is 32.0 Å². The van der Waals surface area contributed by atoms with Gasteiger partial charge in [0.15, 0.2) is 0 Å². The van der Waals surface area contributed by atoms with E-state index >= 15 is 0 Å². The molecule has 2 saturated heterocycles. The van der Waals surface area contributed by atoms with Crippen LogP contribution in [-0.4, -0.2) is 60.6 Å². The minimum absolute atomic E-state index is 0.0424. The van der Waals surface area contributed by atoms with Crippen molar-refractivity contribution in [1.82, 2.24) is 9.88 Å². The second-order valence-corrected chi connectivity index (χ2v) is 6.53. The van der Waals surface area contributed by atoms with E-state index in [1.54, 1.807) is 17.2 Å². The molecule has 3 heterocycles. The summed E-state index contributed by atoms with van der Waals surface area (Å²) in [5.41, 5.74) is 1.03. The SMILES string of the molecule is CC(C)N1C[C@H](C(=O)Nc2ccc(N3CCOCC3)cn2)CC1=O. The van der Waals surface area contributed by atoms with Crippen molar-refractivity contribution in [3.63, 3.8) is 0 Å². The Bertz CT molecular complexity index is 596. The highest BCUT2D eigenvalue weighted by atomic mass is 16.5. The zero-order chi connectivity index (χ0) is 17.1. The second-order valence-electron chi connectivity index (χ2n) is 6.53. The smallest absolute Gasteiger partial charge is 0.230 e. The highest BCUT2D eigenvalue weighted by Gasteiger charge is 2.35. The molecule has 0 unspecified atom stereocenters. The van der Waals surface area contributed by atoms with Crippen molar-refractivity contribution in [2.45, 2.75) is 26.3 Å². The maximum atomic E-state index is 12.4. The molecule has 0 spiro atoms. The summed E-state index contributed by atoms with van der Waals surface area (Å²) in [6.07, 6.45) is 2.04. The quantitative estimate of drug-likeness (QED) is 0.894. The standard InChI is InChI=1S/C17H24N4O3/c1-12(2)21-11-13(9-16(21)22)17(23)19-15-4-3-14(10-18-15)20-5-7-24-8-6-20/h3-4,10,12-13H,5-9,11H2,1-2H3,(H,18,19,23)/t13-/m1/s1. The van der Waals surface area contributed by atoms with Gasteiger partial charge in [0.05, 0.1) is 31.0 Å². The van der Waals surface area contributed by atoms with Gasteiger partial charge in [0.25, 0.3) is 0 Å². The Labute approximate surface area is 142 Å². The Morgan fingerprint density at radius 3 is 2.67 bits per heavy atom. The zero-order valence-corrected chi connectivity index (χ0v) is 14.2. The van der Waals surface area contributed by atoms with Gasteiger partial charge in [0, 0.05) is 32.1 Å². The molecule has 0 bridgehead atoms. The first kappa shape index (κ1) is 16.7. The van der Waals surface area contributed by atoms with Crippen LogP contribution in [-0.2, 0) is 14.3 Å². The lowest BCUT2D eigenvalue weighted by Gasteiger charge is -2.28. The van der Waals surface area contributed by atoms with Gasteiger partial charge in [0.1, 0.15) is 5.82 Å². The minimum atomic E-state index is -0.305. The van der Waals surface area contributed by atoms with Crippen molar-refractivity contribution in [2.24, 2.45) is 5.92 Å². The number of pyridine rings is 1. The number of nitrogens with zero attached hydrogens (tertiary/aromatic N) is 3. The lowest BCUT2D eigenvalue weighted by molar-refractivity contribution is -0.129. The van der Waals surface area contributed by atoms with Gasteiger partial charge in [-0.05, 0) is 26.0 Å². The summed E-state index contributed by atoms with van der Waals surface area (Å²) in [6, 6.07) is 3.88. The molecule has 1 aromatic rings. The number of ether oxygens (including phenoxy) is 1. The normalized spacial score (nSPS) is 21.5. The van der Waals surface area contributed by atoms with Crippen LogP contribution in [0.15, 0.2) is 18.3 Å². The number of rotatable bonds is 4. The predicted octanol–water partition coefficient (Wildman–Crippen LogP) is 1.11. The van der Waals surface area contributed by atoms with Crippen LogP contribution in [0.1, 0.15) is 20.3 Å². The van der Waals surface area contributed by atoms with Crippen LogP contribution in [0.5, 0.6) is 0 Å². The van der Waals surface area contributed by atoms with Crippen molar-refractivity contribution in [3.8, 4) is 0 Å². The summed E-state index contributed by atoms with van der Waals surface area (Å²) in [7, 11) is 0. The Morgan fingerprint density at radius 2 is 2.08 bits per heavy atom. The topological polar surface area (TPSA) is 74.8 Å². The largest absolute Gasteiger partial charge is 0.378 e. The van der Waals surface area contributed by atoms with Gasteiger partial charge in [-0.3, -0.25) is 9.59 Å². The van der Waals surface area contributed by atoms with Crippen LogP contribution in [0.25, 0.3) is 0 Å². The fourth-order valence-corrected chi connectivity index (χ4v) is 3.10. The first-order chi connectivity index (χ1) is 11.5. The molecule has 7 heteroatoms. The first-order valence-corrected chi connectivity index (χ1v) is 8.43. The number of carbonyl (C=O) groups excluding carboxylic acids is 2. The summed E-state index contributed by atoms with van der Waals surface area (Å²) in [4.78, 5) is 32.6. The van der Waals surface area contributed by atoms with Crippen LogP contribution in [0, 0.1) is 5.92 Å². The molecular formula is C17H24N4O3. The summed E-state index contributed by atoms with van der Waals surface area (Å²) < 4.78 is 5.34. The van der Waals surface area contributed by atoms with Gasteiger partial charge >= 0.3 is 0 Å². The number of aromatic nitrogens is 1. The molecule has 1 aromatic heterocycles. The van der Waals surface area contributed by atoms with E-state index in [0.29, 0.717) is 12.4 Å². The Morgan fingerprint density at radius 1 is 1.33 bits per heavy atom. The van der Waals surface area contributed by atoms with E-state index in [1.165, 1.54) is 0 Å². The molecule has 2 aliphatic heterocycles. The zero-order valence-electron chi connectivity index (χ0n) is 14.2. The monoisotopic (exact) mass is 332 g/mol. The Balaban J connectivity index is 1.58. The third kappa shape index (κ3) is 3.67. The average Bonchev–Trinajstić information content (AvgIpc) is 2.99.